The number of fused-ring (bicyclic) bond motifs is 1. The van der Waals surface area contributed by atoms with Crippen LogP contribution in [0.1, 0.15) is 18.1 Å². The van der Waals surface area contributed by atoms with Crippen LogP contribution in [0.25, 0.3) is 22.3 Å². The molecule has 23 heavy (non-hydrogen) atoms. The first-order valence-electron chi connectivity index (χ1n) is 7.54. The fourth-order valence-electron chi connectivity index (χ4n) is 2.63. The third kappa shape index (κ3) is 2.93. The first kappa shape index (κ1) is 15.2. The number of hydrogen-bond donors (Lipinski definition) is 0. The standard InChI is InChI=1S/C19H19N3O/c1-12-5-7-17-16(9-12)11-20-19(21-17)15-6-8-18(13(2)10-15)22(4)14(3)23/h5-11H,1-4H3. The molecule has 0 spiro atoms. The molecule has 0 fully saturated rings. The van der Waals surface area contributed by atoms with Gasteiger partial charge in [-0.05, 0) is 49.7 Å². The van der Waals surface area contributed by atoms with Crippen LogP contribution in [0, 0.1) is 13.8 Å². The van der Waals surface area contributed by atoms with Gasteiger partial charge in [0.2, 0.25) is 5.91 Å². The summed E-state index contributed by atoms with van der Waals surface area (Å²) >= 11 is 0. The minimum Gasteiger partial charge on any atom is -0.315 e. The molecule has 0 aliphatic carbocycles. The van der Waals surface area contributed by atoms with Crippen LogP contribution in [0.15, 0.2) is 42.6 Å². The third-order valence-electron chi connectivity index (χ3n) is 4.02. The molecular formula is C19H19N3O. The molecule has 4 nitrogen and oxygen atoms in total. The highest BCUT2D eigenvalue weighted by Crippen LogP contribution is 2.26. The van der Waals surface area contributed by atoms with Gasteiger partial charge in [-0.2, -0.15) is 0 Å². The Morgan fingerprint density at radius 3 is 2.57 bits per heavy atom. The number of amides is 1. The second kappa shape index (κ2) is 5.80. The van der Waals surface area contributed by atoms with Crippen molar-refractivity contribution in [2.45, 2.75) is 20.8 Å². The zero-order valence-corrected chi connectivity index (χ0v) is 13.8. The molecule has 116 valence electrons. The lowest BCUT2D eigenvalue weighted by Gasteiger charge is -2.18. The van der Waals surface area contributed by atoms with E-state index in [1.165, 1.54) is 5.56 Å². The van der Waals surface area contributed by atoms with Crippen LogP contribution in [-0.2, 0) is 4.79 Å². The van der Waals surface area contributed by atoms with Crippen LogP contribution in [0.3, 0.4) is 0 Å². The first-order valence-corrected chi connectivity index (χ1v) is 7.54. The largest absolute Gasteiger partial charge is 0.315 e. The van der Waals surface area contributed by atoms with E-state index in [0.717, 1.165) is 27.7 Å². The summed E-state index contributed by atoms with van der Waals surface area (Å²) in [4.78, 5) is 22.3. The number of aromatic nitrogens is 2. The lowest BCUT2D eigenvalue weighted by atomic mass is 10.1. The van der Waals surface area contributed by atoms with E-state index >= 15 is 0 Å². The highest BCUT2D eigenvalue weighted by Gasteiger charge is 2.11. The maximum Gasteiger partial charge on any atom is 0.223 e. The first-order chi connectivity index (χ1) is 11.0. The Morgan fingerprint density at radius 2 is 1.87 bits per heavy atom. The average Bonchev–Trinajstić information content (AvgIpc) is 2.53. The molecule has 0 aliphatic rings. The van der Waals surface area contributed by atoms with Crippen molar-refractivity contribution in [2.24, 2.45) is 0 Å². The molecule has 0 saturated heterocycles. The van der Waals surface area contributed by atoms with Gasteiger partial charge in [-0.15, -0.1) is 0 Å². The Kier molecular flexibility index (Phi) is 3.82. The number of nitrogens with zero attached hydrogens (tertiary/aromatic N) is 3. The summed E-state index contributed by atoms with van der Waals surface area (Å²) in [5.41, 5.74) is 5.00. The number of hydrogen-bond acceptors (Lipinski definition) is 3. The van der Waals surface area contributed by atoms with Gasteiger partial charge in [-0.3, -0.25) is 4.79 Å². The molecule has 0 aliphatic heterocycles. The Balaban J connectivity index is 2.03. The molecule has 2 aromatic carbocycles. The lowest BCUT2D eigenvalue weighted by molar-refractivity contribution is -0.116. The highest BCUT2D eigenvalue weighted by molar-refractivity contribution is 5.92. The topological polar surface area (TPSA) is 46.1 Å². The molecule has 0 unspecified atom stereocenters. The van der Waals surface area contributed by atoms with Gasteiger partial charge in [-0.25, -0.2) is 9.97 Å². The fourth-order valence-corrected chi connectivity index (χ4v) is 2.63. The van der Waals surface area contributed by atoms with Gasteiger partial charge in [0.05, 0.1) is 5.52 Å². The molecular weight excluding hydrogens is 286 g/mol. The minimum atomic E-state index is 0.0122. The number of rotatable bonds is 2. The predicted octanol–water partition coefficient (Wildman–Crippen LogP) is 3.90. The maximum absolute atomic E-state index is 11.5. The summed E-state index contributed by atoms with van der Waals surface area (Å²) < 4.78 is 0. The van der Waals surface area contributed by atoms with E-state index in [1.807, 2.05) is 37.4 Å². The van der Waals surface area contributed by atoms with Crippen LogP contribution in [-0.4, -0.2) is 22.9 Å². The minimum absolute atomic E-state index is 0.0122. The zero-order chi connectivity index (χ0) is 16.6. The predicted molar refractivity (Wildman–Crippen MR) is 93.5 cm³/mol. The smallest absolute Gasteiger partial charge is 0.223 e. The second-order valence-electron chi connectivity index (χ2n) is 5.84. The SMILES string of the molecule is CC(=O)N(C)c1ccc(-c2ncc3cc(C)ccc3n2)cc1C. The van der Waals surface area contributed by atoms with Crippen molar-refractivity contribution in [1.82, 2.24) is 9.97 Å². The molecule has 3 aromatic rings. The van der Waals surface area contributed by atoms with Gasteiger partial charge in [0.25, 0.3) is 0 Å². The van der Waals surface area contributed by atoms with Crippen molar-refractivity contribution in [3.8, 4) is 11.4 Å². The Hall–Kier alpha value is -2.75. The summed E-state index contributed by atoms with van der Waals surface area (Å²) in [6.07, 6.45) is 1.86. The van der Waals surface area contributed by atoms with Crippen molar-refractivity contribution in [3.63, 3.8) is 0 Å². The summed E-state index contributed by atoms with van der Waals surface area (Å²) in [5, 5.41) is 1.04. The van der Waals surface area contributed by atoms with Crippen molar-refractivity contribution in [1.29, 1.82) is 0 Å². The highest BCUT2D eigenvalue weighted by atomic mass is 16.2. The normalized spacial score (nSPS) is 10.8. The molecule has 0 saturated carbocycles. The number of aryl methyl sites for hydroxylation is 2. The van der Waals surface area contributed by atoms with E-state index in [0.29, 0.717) is 5.82 Å². The average molecular weight is 305 g/mol. The zero-order valence-electron chi connectivity index (χ0n) is 13.8. The summed E-state index contributed by atoms with van der Waals surface area (Å²) in [6.45, 7) is 5.60. The molecule has 4 heteroatoms. The van der Waals surface area contributed by atoms with Crippen LogP contribution in [0.4, 0.5) is 5.69 Å². The molecule has 1 aromatic heterocycles. The van der Waals surface area contributed by atoms with Crippen LogP contribution >= 0.6 is 0 Å². The van der Waals surface area contributed by atoms with Gasteiger partial charge in [0, 0.05) is 36.8 Å². The van der Waals surface area contributed by atoms with Crippen molar-refractivity contribution in [2.75, 3.05) is 11.9 Å². The third-order valence-corrected chi connectivity index (χ3v) is 4.02. The summed E-state index contributed by atoms with van der Waals surface area (Å²) in [5.74, 6) is 0.708. The number of anilines is 1. The molecule has 0 radical (unpaired) electrons. The molecule has 3 rings (SSSR count). The summed E-state index contributed by atoms with van der Waals surface area (Å²) in [7, 11) is 1.78. The molecule has 1 heterocycles. The van der Waals surface area contributed by atoms with Crippen molar-refractivity contribution >= 4 is 22.5 Å². The molecule has 0 atom stereocenters. The second-order valence-corrected chi connectivity index (χ2v) is 5.84. The van der Waals surface area contributed by atoms with E-state index < -0.39 is 0 Å². The summed E-state index contributed by atoms with van der Waals surface area (Å²) in [6, 6.07) is 12.1. The van der Waals surface area contributed by atoms with Crippen LogP contribution in [0.5, 0.6) is 0 Å². The Labute approximate surface area is 135 Å². The van der Waals surface area contributed by atoms with E-state index in [9.17, 15) is 4.79 Å². The van der Waals surface area contributed by atoms with Crippen molar-refractivity contribution in [3.05, 3.63) is 53.7 Å². The quantitative estimate of drug-likeness (QED) is 0.721. The van der Waals surface area contributed by atoms with Gasteiger partial charge in [0.15, 0.2) is 5.82 Å². The van der Waals surface area contributed by atoms with Crippen LogP contribution < -0.4 is 4.90 Å². The fraction of sp³-hybridized carbons (Fsp3) is 0.211. The number of benzene rings is 2. The van der Waals surface area contributed by atoms with Gasteiger partial charge in [0.1, 0.15) is 0 Å². The van der Waals surface area contributed by atoms with Gasteiger partial charge in [-0.1, -0.05) is 11.6 Å². The van der Waals surface area contributed by atoms with E-state index in [-0.39, 0.29) is 5.91 Å². The van der Waals surface area contributed by atoms with Gasteiger partial charge >= 0.3 is 0 Å². The maximum atomic E-state index is 11.5. The lowest BCUT2D eigenvalue weighted by Crippen LogP contribution is -2.23. The Morgan fingerprint density at radius 1 is 1.09 bits per heavy atom. The van der Waals surface area contributed by atoms with E-state index in [1.54, 1.807) is 18.9 Å². The van der Waals surface area contributed by atoms with Crippen LogP contribution in [0.2, 0.25) is 0 Å². The molecule has 1 amide bonds. The molecule has 0 N–H and O–H groups in total. The number of carbonyl (C=O) groups excluding carboxylic acids is 1. The van der Waals surface area contributed by atoms with E-state index in [2.05, 4.69) is 29.0 Å². The molecule has 0 bridgehead atoms. The van der Waals surface area contributed by atoms with Crippen molar-refractivity contribution < 1.29 is 4.79 Å². The number of carbonyl (C=O) groups is 1. The monoisotopic (exact) mass is 305 g/mol. The van der Waals surface area contributed by atoms with E-state index in [4.69, 9.17) is 0 Å². The Bertz CT molecular complexity index is 902. The van der Waals surface area contributed by atoms with Gasteiger partial charge < -0.3 is 4.90 Å².